The zero-order valence-electron chi connectivity index (χ0n) is 19.2. The van der Waals surface area contributed by atoms with Gasteiger partial charge in [0.05, 0.1) is 5.75 Å². The summed E-state index contributed by atoms with van der Waals surface area (Å²) < 4.78 is 26.6. The van der Waals surface area contributed by atoms with Gasteiger partial charge in [0.15, 0.2) is 6.10 Å². The summed E-state index contributed by atoms with van der Waals surface area (Å²) in [7, 11) is 0. The van der Waals surface area contributed by atoms with Gasteiger partial charge in [-0.05, 0) is 62.4 Å². The van der Waals surface area contributed by atoms with E-state index in [9.17, 15) is 9.18 Å². The van der Waals surface area contributed by atoms with Crippen molar-refractivity contribution in [2.24, 2.45) is 0 Å². The molecule has 5 aromatic rings. The molecule has 0 bridgehead atoms. The van der Waals surface area contributed by atoms with Crippen LogP contribution in [0.4, 0.5) is 10.1 Å². The Hall–Kier alpha value is -3.85. The van der Waals surface area contributed by atoms with E-state index in [-0.39, 0.29) is 28.6 Å². The number of para-hydroxylation sites is 1. The molecule has 0 saturated heterocycles. The Labute approximate surface area is 205 Å². The zero-order chi connectivity index (χ0) is 24.4. The van der Waals surface area contributed by atoms with Gasteiger partial charge in [-0.25, -0.2) is 4.39 Å². The number of anilines is 1. The van der Waals surface area contributed by atoms with E-state index in [0.717, 1.165) is 40.3 Å². The van der Waals surface area contributed by atoms with Gasteiger partial charge in [0.1, 0.15) is 11.6 Å². The number of fused-ring (bicyclic) bond motifs is 3. The van der Waals surface area contributed by atoms with Gasteiger partial charge >= 0.3 is 0 Å². The third-order valence-corrected chi connectivity index (χ3v) is 6.41. The number of carbonyl (C=O) groups excluding carboxylic acids is 1. The van der Waals surface area contributed by atoms with Crippen molar-refractivity contribution in [3.63, 3.8) is 0 Å². The van der Waals surface area contributed by atoms with E-state index in [1.807, 2.05) is 30.3 Å². The van der Waals surface area contributed by atoms with Crippen LogP contribution in [0, 0.1) is 5.82 Å². The van der Waals surface area contributed by atoms with Crippen molar-refractivity contribution in [3.05, 3.63) is 78.4 Å². The number of nitrogens with zero attached hydrogens (tertiary/aromatic N) is 3. The van der Waals surface area contributed by atoms with Crippen molar-refractivity contribution in [2.75, 3.05) is 11.1 Å². The molecule has 1 N–H and O–H groups in total. The van der Waals surface area contributed by atoms with E-state index in [0.29, 0.717) is 5.75 Å². The first-order valence-electron chi connectivity index (χ1n) is 11.2. The van der Waals surface area contributed by atoms with Crippen LogP contribution in [-0.4, -0.2) is 26.4 Å². The van der Waals surface area contributed by atoms with Gasteiger partial charge in [0.25, 0.3) is 11.1 Å². The van der Waals surface area contributed by atoms with Gasteiger partial charge in [-0.15, -0.1) is 10.2 Å². The Morgan fingerprint density at radius 2 is 1.86 bits per heavy atom. The minimum Gasteiger partial charge on any atom is -0.481 e. The molecular weight excluding hydrogens is 467 g/mol. The summed E-state index contributed by atoms with van der Waals surface area (Å²) in [5.41, 5.74) is 3.04. The van der Waals surface area contributed by atoms with Crippen LogP contribution in [-0.2, 0) is 11.3 Å². The maximum absolute atomic E-state index is 13.1. The molecule has 7 nitrogen and oxygen atoms in total. The summed E-state index contributed by atoms with van der Waals surface area (Å²) in [4.78, 5) is 12.6. The van der Waals surface area contributed by atoms with Crippen molar-refractivity contribution in [3.8, 4) is 5.75 Å². The lowest BCUT2D eigenvalue weighted by atomic mass is 10.1. The molecule has 0 aliphatic carbocycles. The first-order valence-corrected chi connectivity index (χ1v) is 12.2. The summed E-state index contributed by atoms with van der Waals surface area (Å²) in [6, 6.07) is 19.9. The number of aromatic nitrogens is 3. The van der Waals surface area contributed by atoms with Crippen LogP contribution in [0.15, 0.2) is 76.4 Å². The Balaban J connectivity index is 1.21. The molecule has 3 aromatic carbocycles. The molecule has 1 atom stereocenters. The predicted octanol–water partition coefficient (Wildman–Crippen LogP) is 6.21. The number of rotatable bonds is 8. The first kappa shape index (κ1) is 22.9. The molecule has 9 heteroatoms. The number of aryl methyl sites for hydroxylation is 1. The van der Waals surface area contributed by atoms with Crippen LogP contribution in [0.25, 0.3) is 21.8 Å². The number of nitrogens with one attached hydrogen (secondary N) is 1. The van der Waals surface area contributed by atoms with Crippen molar-refractivity contribution in [1.29, 1.82) is 0 Å². The standard InChI is InChI=1S/C26H23FN4O3S/c1-3-31-22-7-5-4-6-20(22)21-14-18(10-13-23(21)31)28-24(32)15-35-26-30-29-25(34-26)16(2)33-19-11-8-17(27)9-12-19/h4-14,16H,3,15H2,1-2H3,(H,28,32). The molecule has 2 heterocycles. The Bertz CT molecular complexity index is 1500. The van der Waals surface area contributed by atoms with Gasteiger partial charge in [0, 0.05) is 34.0 Å². The van der Waals surface area contributed by atoms with Crippen LogP contribution in [0.5, 0.6) is 5.75 Å². The number of halogens is 1. The molecule has 178 valence electrons. The van der Waals surface area contributed by atoms with E-state index in [4.69, 9.17) is 9.15 Å². The van der Waals surface area contributed by atoms with Crippen molar-refractivity contribution >= 4 is 45.2 Å². The summed E-state index contributed by atoms with van der Waals surface area (Å²) in [6.07, 6.45) is -0.520. The van der Waals surface area contributed by atoms with E-state index < -0.39 is 6.10 Å². The Morgan fingerprint density at radius 1 is 1.09 bits per heavy atom. The van der Waals surface area contributed by atoms with E-state index in [1.165, 1.54) is 29.8 Å². The van der Waals surface area contributed by atoms with Gasteiger partial charge < -0.3 is 19.0 Å². The number of carbonyl (C=O) groups is 1. The van der Waals surface area contributed by atoms with E-state index >= 15 is 0 Å². The molecule has 0 spiro atoms. The molecular formula is C26H23FN4O3S. The molecule has 0 fully saturated rings. The highest BCUT2D eigenvalue weighted by Gasteiger charge is 2.17. The molecule has 2 aromatic heterocycles. The summed E-state index contributed by atoms with van der Waals surface area (Å²) in [6.45, 7) is 4.74. The average molecular weight is 491 g/mol. The monoisotopic (exact) mass is 490 g/mol. The van der Waals surface area contributed by atoms with Gasteiger partial charge in [-0.1, -0.05) is 30.0 Å². The summed E-state index contributed by atoms with van der Waals surface area (Å²) in [5.74, 6) is 0.361. The Morgan fingerprint density at radius 3 is 2.66 bits per heavy atom. The first-order chi connectivity index (χ1) is 17.0. The number of hydrogen-bond acceptors (Lipinski definition) is 6. The summed E-state index contributed by atoms with van der Waals surface area (Å²) >= 11 is 1.15. The van der Waals surface area contributed by atoms with Crippen LogP contribution >= 0.6 is 11.8 Å². The third-order valence-electron chi connectivity index (χ3n) is 5.60. The second-order valence-corrected chi connectivity index (χ2v) is 8.88. The molecule has 0 saturated carbocycles. The highest BCUT2D eigenvalue weighted by atomic mass is 32.2. The number of benzene rings is 3. The second kappa shape index (κ2) is 9.79. The minimum absolute atomic E-state index is 0.115. The minimum atomic E-state index is -0.520. The van der Waals surface area contributed by atoms with Crippen molar-refractivity contribution in [2.45, 2.75) is 31.7 Å². The van der Waals surface area contributed by atoms with Crippen LogP contribution in [0.3, 0.4) is 0 Å². The quantitative estimate of drug-likeness (QED) is 0.261. The SMILES string of the molecule is CCn1c2ccccc2c2cc(NC(=O)CSc3nnc(C(C)Oc4ccc(F)cc4)o3)ccc21. The van der Waals surface area contributed by atoms with Crippen molar-refractivity contribution < 1.29 is 18.3 Å². The number of amides is 1. The maximum atomic E-state index is 13.1. The smallest absolute Gasteiger partial charge is 0.277 e. The Kier molecular flexibility index (Phi) is 6.41. The van der Waals surface area contributed by atoms with E-state index in [1.54, 1.807) is 6.92 Å². The van der Waals surface area contributed by atoms with Crippen molar-refractivity contribution in [1.82, 2.24) is 14.8 Å². The van der Waals surface area contributed by atoms with E-state index in [2.05, 4.69) is 39.1 Å². The topological polar surface area (TPSA) is 82.2 Å². The van der Waals surface area contributed by atoms with Gasteiger partial charge in [0.2, 0.25) is 5.91 Å². The second-order valence-electron chi connectivity index (χ2n) is 7.95. The molecule has 0 aliphatic rings. The number of hydrogen-bond donors (Lipinski definition) is 1. The van der Waals surface area contributed by atoms with Crippen LogP contribution < -0.4 is 10.1 Å². The van der Waals surface area contributed by atoms with Crippen LogP contribution in [0.1, 0.15) is 25.8 Å². The fourth-order valence-electron chi connectivity index (χ4n) is 4.01. The highest BCUT2D eigenvalue weighted by Crippen LogP contribution is 2.31. The lowest BCUT2D eigenvalue weighted by Crippen LogP contribution is -2.13. The molecule has 1 unspecified atom stereocenters. The summed E-state index contributed by atoms with van der Waals surface area (Å²) in [5, 5.41) is 13.5. The largest absolute Gasteiger partial charge is 0.481 e. The highest BCUT2D eigenvalue weighted by molar-refractivity contribution is 7.99. The molecule has 5 rings (SSSR count). The molecule has 0 radical (unpaired) electrons. The fourth-order valence-corrected chi connectivity index (χ4v) is 4.58. The number of thioether (sulfide) groups is 1. The molecule has 35 heavy (non-hydrogen) atoms. The molecule has 0 aliphatic heterocycles. The maximum Gasteiger partial charge on any atom is 0.277 e. The lowest BCUT2D eigenvalue weighted by Gasteiger charge is -2.10. The zero-order valence-corrected chi connectivity index (χ0v) is 20.0. The number of ether oxygens (including phenoxy) is 1. The average Bonchev–Trinajstić information content (AvgIpc) is 3.47. The lowest BCUT2D eigenvalue weighted by molar-refractivity contribution is -0.113. The molecule has 1 amide bonds. The van der Waals surface area contributed by atoms with Crippen LogP contribution in [0.2, 0.25) is 0 Å². The third kappa shape index (κ3) is 4.85. The normalized spacial score (nSPS) is 12.2. The van der Waals surface area contributed by atoms with Gasteiger partial charge in [-0.3, -0.25) is 4.79 Å². The predicted molar refractivity (Wildman–Crippen MR) is 134 cm³/mol. The van der Waals surface area contributed by atoms with Gasteiger partial charge in [-0.2, -0.15) is 0 Å². The fraction of sp³-hybridized carbons (Fsp3) is 0.192.